The molecule has 0 spiro atoms. The van der Waals surface area contributed by atoms with Gasteiger partial charge in [-0.05, 0) is 30.2 Å². The highest BCUT2D eigenvalue weighted by atomic mass is 35.5. The first-order chi connectivity index (χ1) is 10.5. The molecule has 0 saturated heterocycles. The minimum atomic E-state index is -0.326. The van der Waals surface area contributed by atoms with Crippen LogP contribution in [0.3, 0.4) is 0 Å². The van der Waals surface area contributed by atoms with E-state index in [0.29, 0.717) is 5.02 Å². The lowest BCUT2D eigenvalue weighted by Gasteiger charge is -2.22. The molecule has 3 nitrogen and oxygen atoms in total. The Labute approximate surface area is 136 Å². The molecular weight excluding hydrogens is 296 g/mol. The van der Waals surface area contributed by atoms with Gasteiger partial charge in [0.25, 0.3) is 0 Å². The van der Waals surface area contributed by atoms with Crippen molar-refractivity contribution < 1.29 is 4.79 Å². The van der Waals surface area contributed by atoms with Crippen molar-refractivity contribution in [2.24, 2.45) is 11.7 Å². The number of benzene rings is 2. The normalized spacial score (nSPS) is 14.9. The van der Waals surface area contributed by atoms with E-state index in [-0.39, 0.29) is 23.9 Å². The van der Waals surface area contributed by atoms with Crippen LogP contribution >= 0.6 is 11.6 Å². The van der Waals surface area contributed by atoms with Gasteiger partial charge in [-0.1, -0.05) is 61.0 Å². The Hall–Kier alpha value is -1.84. The standard InChI is InChI=1S/C18H21ClN2O/c1-12(17(20)14-7-4-3-5-8-14)18(22)21-13(2)15-9-6-10-16(19)11-15/h3-13,17H,20H2,1-2H3,(H,21,22)/t12?,13-,17?/m1/s1. The first-order valence-electron chi connectivity index (χ1n) is 7.35. The van der Waals surface area contributed by atoms with E-state index in [1.165, 1.54) is 0 Å². The molecule has 0 aliphatic heterocycles. The van der Waals surface area contributed by atoms with E-state index in [1.807, 2.05) is 68.4 Å². The summed E-state index contributed by atoms with van der Waals surface area (Å²) >= 11 is 5.99. The van der Waals surface area contributed by atoms with Crippen LogP contribution in [0.1, 0.15) is 37.1 Å². The zero-order valence-corrected chi connectivity index (χ0v) is 13.5. The third-order valence-corrected chi connectivity index (χ3v) is 4.08. The predicted octanol–water partition coefficient (Wildman–Crippen LogP) is 3.85. The van der Waals surface area contributed by atoms with Crippen LogP contribution in [0.5, 0.6) is 0 Å². The smallest absolute Gasteiger partial charge is 0.225 e. The largest absolute Gasteiger partial charge is 0.349 e. The fourth-order valence-corrected chi connectivity index (χ4v) is 2.53. The molecule has 0 fully saturated rings. The molecule has 22 heavy (non-hydrogen) atoms. The summed E-state index contributed by atoms with van der Waals surface area (Å²) in [5, 5.41) is 3.66. The predicted molar refractivity (Wildman–Crippen MR) is 90.5 cm³/mol. The molecule has 2 aromatic rings. The third-order valence-electron chi connectivity index (χ3n) is 3.84. The van der Waals surface area contributed by atoms with Gasteiger partial charge in [0.1, 0.15) is 0 Å². The zero-order chi connectivity index (χ0) is 16.1. The molecule has 2 rings (SSSR count). The maximum Gasteiger partial charge on any atom is 0.225 e. The summed E-state index contributed by atoms with van der Waals surface area (Å²) < 4.78 is 0. The lowest BCUT2D eigenvalue weighted by molar-refractivity contribution is -0.125. The van der Waals surface area contributed by atoms with Crippen molar-refractivity contribution >= 4 is 17.5 Å². The van der Waals surface area contributed by atoms with Crippen LogP contribution in [-0.2, 0) is 4.79 Å². The average Bonchev–Trinajstić information content (AvgIpc) is 2.54. The van der Waals surface area contributed by atoms with Gasteiger partial charge in [-0.2, -0.15) is 0 Å². The summed E-state index contributed by atoms with van der Waals surface area (Å²) in [5.74, 6) is -0.382. The van der Waals surface area contributed by atoms with Gasteiger partial charge in [0.05, 0.1) is 12.0 Å². The van der Waals surface area contributed by atoms with Crippen LogP contribution in [-0.4, -0.2) is 5.91 Å². The van der Waals surface area contributed by atoms with Gasteiger partial charge < -0.3 is 11.1 Å². The highest BCUT2D eigenvalue weighted by Gasteiger charge is 2.23. The Morgan fingerprint density at radius 3 is 2.32 bits per heavy atom. The second-order valence-electron chi connectivity index (χ2n) is 5.51. The van der Waals surface area contributed by atoms with E-state index in [9.17, 15) is 4.79 Å². The van der Waals surface area contributed by atoms with Gasteiger partial charge in [-0.25, -0.2) is 0 Å². The number of hydrogen-bond donors (Lipinski definition) is 2. The Balaban J connectivity index is 2.02. The second kappa shape index (κ2) is 7.43. The van der Waals surface area contributed by atoms with Crippen molar-refractivity contribution in [2.75, 3.05) is 0 Å². The van der Waals surface area contributed by atoms with Crippen LogP contribution in [0.4, 0.5) is 0 Å². The summed E-state index contributed by atoms with van der Waals surface area (Å²) in [6.07, 6.45) is 0. The van der Waals surface area contributed by atoms with E-state index in [1.54, 1.807) is 0 Å². The molecule has 3 N–H and O–H groups in total. The Morgan fingerprint density at radius 2 is 1.68 bits per heavy atom. The number of nitrogens with one attached hydrogen (secondary N) is 1. The Morgan fingerprint density at radius 1 is 1.05 bits per heavy atom. The molecule has 0 bridgehead atoms. The van der Waals surface area contributed by atoms with Crippen molar-refractivity contribution in [3.05, 3.63) is 70.7 Å². The quantitative estimate of drug-likeness (QED) is 0.880. The van der Waals surface area contributed by atoms with Crippen LogP contribution in [0, 0.1) is 5.92 Å². The number of nitrogens with two attached hydrogens (primary N) is 1. The summed E-state index contributed by atoms with van der Waals surface area (Å²) in [5.41, 5.74) is 8.13. The van der Waals surface area contributed by atoms with Crippen molar-refractivity contribution in [1.29, 1.82) is 0 Å². The third kappa shape index (κ3) is 4.09. The topological polar surface area (TPSA) is 55.1 Å². The van der Waals surface area contributed by atoms with Crippen molar-refractivity contribution in [2.45, 2.75) is 25.9 Å². The fourth-order valence-electron chi connectivity index (χ4n) is 2.33. The average molecular weight is 317 g/mol. The van der Waals surface area contributed by atoms with Crippen LogP contribution in [0.2, 0.25) is 5.02 Å². The lowest BCUT2D eigenvalue weighted by Crippen LogP contribution is -2.36. The van der Waals surface area contributed by atoms with E-state index >= 15 is 0 Å². The molecule has 0 aliphatic carbocycles. The fraction of sp³-hybridized carbons (Fsp3) is 0.278. The van der Waals surface area contributed by atoms with E-state index < -0.39 is 0 Å². The monoisotopic (exact) mass is 316 g/mol. The SMILES string of the molecule is CC(C(=O)N[C@H](C)c1cccc(Cl)c1)C(N)c1ccccc1. The molecule has 0 heterocycles. The van der Waals surface area contributed by atoms with E-state index in [0.717, 1.165) is 11.1 Å². The second-order valence-corrected chi connectivity index (χ2v) is 5.95. The Bertz CT molecular complexity index is 630. The van der Waals surface area contributed by atoms with Crippen molar-refractivity contribution in [3.63, 3.8) is 0 Å². The summed E-state index contributed by atoms with van der Waals surface area (Å²) in [6.45, 7) is 3.78. The number of carbonyl (C=O) groups excluding carboxylic acids is 1. The maximum atomic E-state index is 12.4. The molecular formula is C18H21ClN2O. The molecule has 0 radical (unpaired) electrons. The van der Waals surface area contributed by atoms with Crippen LogP contribution in [0.15, 0.2) is 54.6 Å². The maximum absolute atomic E-state index is 12.4. The molecule has 3 atom stereocenters. The number of hydrogen-bond acceptors (Lipinski definition) is 2. The van der Waals surface area contributed by atoms with Crippen molar-refractivity contribution in [1.82, 2.24) is 5.32 Å². The molecule has 0 aromatic heterocycles. The van der Waals surface area contributed by atoms with Gasteiger partial charge in [0.2, 0.25) is 5.91 Å². The van der Waals surface area contributed by atoms with Gasteiger partial charge in [-0.15, -0.1) is 0 Å². The highest BCUT2D eigenvalue weighted by Crippen LogP contribution is 2.22. The van der Waals surface area contributed by atoms with Crippen LogP contribution in [0.25, 0.3) is 0 Å². The van der Waals surface area contributed by atoms with E-state index in [2.05, 4.69) is 5.32 Å². The summed E-state index contributed by atoms with van der Waals surface area (Å²) in [6, 6.07) is 16.7. The van der Waals surface area contributed by atoms with Gasteiger partial charge >= 0.3 is 0 Å². The first kappa shape index (κ1) is 16.5. The molecule has 116 valence electrons. The zero-order valence-electron chi connectivity index (χ0n) is 12.8. The summed E-state index contributed by atoms with van der Waals surface area (Å²) in [4.78, 5) is 12.4. The van der Waals surface area contributed by atoms with E-state index in [4.69, 9.17) is 17.3 Å². The number of halogens is 1. The van der Waals surface area contributed by atoms with Gasteiger partial charge in [0.15, 0.2) is 0 Å². The first-order valence-corrected chi connectivity index (χ1v) is 7.73. The van der Waals surface area contributed by atoms with Crippen LogP contribution < -0.4 is 11.1 Å². The number of amides is 1. The highest BCUT2D eigenvalue weighted by molar-refractivity contribution is 6.30. The number of carbonyl (C=O) groups is 1. The minimum Gasteiger partial charge on any atom is -0.349 e. The molecule has 0 saturated carbocycles. The molecule has 2 aromatic carbocycles. The van der Waals surface area contributed by atoms with Gasteiger partial charge in [-0.3, -0.25) is 4.79 Å². The Kier molecular flexibility index (Phi) is 5.58. The molecule has 0 aliphatic rings. The van der Waals surface area contributed by atoms with Gasteiger partial charge in [0, 0.05) is 11.1 Å². The van der Waals surface area contributed by atoms with Crippen molar-refractivity contribution in [3.8, 4) is 0 Å². The molecule has 4 heteroatoms. The molecule has 1 amide bonds. The minimum absolute atomic E-state index is 0.0659. The number of rotatable bonds is 5. The molecule has 2 unspecified atom stereocenters. The summed E-state index contributed by atoms with van der Waals surface area (Å²) in [7, 11) is 0. The lowest BCUT2D eigenvalue weighted by atomic mass is 9.94.